The van der Waals surface area contributed by atoms with Gasteiger partial charge >= 0.3 is 0 Å². The molecule has 150 valence electrons. The predicted molar refractivity (Wildman–Crippen MR) is 120 cm³/mol. The molecule has 0 aliphatic heterocycles. The Labute approximate surface area is 184 Å². The lowest BCUT2D eigenvalue weighted by molar-refractivity contribution is 0.0672. The number of hydrogen-bond donors (Lipinski definition) is 3. The van der Waals surface area contributed by atoms with Crippen molar-refractivity contribution in [3.63, 3.8) is 0 Å². The maximum atomic E-state index is 13.3. The second-order valence-electron chi connectivity index (χ2n) is 6.30. The van der Waals surface area contributed by atoms with Crippen molar-refractivity contribution in [2.45, 2.75) is 25.9 Å². The molecule has 1 aromatic heterocycles. The average molecular weight is 554 g/mol. The Kier molecular flexibility index (Phi) is 9.68. The molecule has 2 rings (SSSR count). The summed E-state index contributed by atoms with van der Waals surface area (Å²) in [6, 6.07) is 4.98. The second kappa shape index (κ2) is 11.0. The Hall–Kier alpha value is -1.20. The molecule has 2 aromatic rings. The molecule has 0 fully saturated rings. The van der Waals surface area contributed by atoms with Crippen LogP contribution in [0.25, 0.3) is 0 Å². The lowest BCUT2D eigenvalue weighted by Gasteiger charge is -2.20. The molecule has 0 radical (unpaired) electrons. The fourth-order valence-corrected chi connectivity index (χ4v) is 2.81. The van der Waals surface area contributed by atoms with Gasteiger partial charge in [-0.2, -0.15) is 5.10 Å². The molecule has 9 heteroatoms. The Morgan fingerprint density at radius 1 is 1.41 bits per heavy atom. The molecule has 0 saturated heterocycles. The molecule has 0 spiro atoms. The minimum atomic E-state index is -1.10. The molecule has 3 N–H and O–H groups in total. The average Bonchev–Trinajstić information content (AvgIpc) is 3.03. The van der Waals surface area contributed by atoms with Gasteiger partial charge in [0.2, 0.25) is 0 Å². The molecule has 1 unspecified atom stereocenters. The third-order valence-electron chi connectivity index (χ3n) is 3.91. The Balaban J connectivity index is 0.00000364. The highest BCUT2D eigenvalue weighted by Gasteiger charge is 2.24. The number of nitrogens with one attached hydrogen (secondary N) is 2. The van der Waals surface area contributed by atoms with E-state index in [4.69, 9.17) is 0 Å². The fraction of sp³-hybridized carbons (Fsp3) is 0.444. The van der Waals surface area contributed by atoms with Crippen molar-refractivity contribution in [1.82, 2.24) is 20.4 Å². The van der Waals surface area contributed by atoms with E-state index in [1.807, 2.05) is 14.0 Å². The lowest BCUT2D eigenvalue weighted by atomic mass is 10.0. The predicted octanol–water partition coefficient (Wildman–Crippen LogP) is 2.95. The van der Waals surface area contributed by atoms with Crippen molar-refractivity contribution >= 4 is 45.9 Å². The van der Waals surface area contributed by atoms with Gasteiger partial charge in [0.05, 0.1) is 17.2 Å². The van der Waals surface area contributed by atoms with Crippen LogP contribution in [-0.2, 0) is 19.1 Å². The van der Waals surface area contributed by atoms with E-state index >= 15 is 0 Å². The van der Waals surface area contributed by atoms with Gasteiger partial charge in [0.15, 0.2) is 5.96 Å². The molecule has 6 nitrogen and oxygen atoms in total. The number of aliphatic imine (C=N–C) groups is 1. The number of aliphatic hydroxyl groups is 1. The van der Waals surface area contributed by atoms with Crippen LogP contribution in [0.2, 0.25) is 0 Å². The van der Waals surface area contributed by atoms with Gasteiger partial charge in [0.1, 0.15) is 11.4 Å². The van der Waals surface area contributed by atoms with E-state index in [1.54, 1.807) is 36.1 Å². The maximum Gasteiger partial charge on any atom is 0.191 e. The minimum Gasteiger partial charge on any atom is -0.383 e. The van der Waals surface area contributed by atoms with Crippen molar-refractivity contribution in [2.24, 2.45) is 12.0 Å². The molecule has 0 amide bonds. The van der Waals surface area contributed by atoms with Crippen molar-refractivity contribution < 1.29 is 9.50 Å². The van der Waals surface area contributed by atoms with Gasteiger partial charge in [-0.1, -0.05) is 6.07 Å². The summed E-state index contributed by atoms with van der Waals surface area (Å²) in [4.78, 5) is 4.47. The van der Waals surface area contributed by atoms with E-state index in [-0.39, 0.29) is 36.3 Å². The lowest BCUT2D eigenvalue weighted by Crippen LogP contribution is -2.39. The van der Waals surface area contributed by atoms with Gasteiger partial charge in [-0.25, -0.2) is 9.38 Å². The summed E-state index contributed by atoms with van der Waals surface area (Å²) in [5, 5.41) is 21.1. The normalized spacial score (nSPS) is 13.6. The van der Waals surface area contributed by atoms with Crippen molar-refractivity contribution in [1.29, 1.82) is 0 Å². The third-order valence-corrected chi connectivity index (χ3v) is 4.51. The van der Waals surface area contributed by atoms with Crippen LogP contribution < -0.4 is 10.6 Å². The summed E-state index contributed by atoms with van der Waals surface area (Å²) in [7, 11) is 1.81. The quantitative estimate of drug-likeness (QED) is 0.280. The van der Waals surface area contributed by atoms with Crippen molar-refractivity contribution in [3.8, 4) is 0 Å². The summed E-state index contributed by atoms with van der Waals surface area (Å²) >= 11 is 3.20. The van der Waals surface area contributed by atoms with Gasteiger partial charge < -0.3 is 15.7 Å². The minimum absolute atomic E-state index is 0. The van der Waals surface area contributed by atoms with Crippen LogP contribution in [0.15, 0.2) is 40.1 Å². The first-order chi connectivity index (χ1) is 12.3. The highest BCUT2D eigenvalue weighted by Crippen LogP contribution is 2.20. The zero-order chi connectivity index (χ0) is 19.2. The molecule has 0 saturated carbocycles. The highest BCUT2D eigenvalue weighted by molar-refractivity contribution is 14.0. The molecule has 1 atom stereocenters. The van der Waals surface area contributed by atoms with Crippen molar-refractivity contribution in [3.05, 3.63) is 52.0 Å². The first-order valence-electron chi connectivity index (χ1n) is 8.49. The molecule has 0 bridgehead atoms. The van der Waals surface area contributed by atoms with E-state index in [2.05, 4.69) is 36.7 Å². The number of aryl methyl sites for hydroxylation is 1. The maximum absolute atomic E-state index is 13.3. The number of hydrogen-bond acceptors (Lipinski definition) is 3. The molecule has 0 aliphatic rings. The van der Waals surface area contributed by atoms with E-state index in [0.717, 1.165) is 17.5 Å². The van der Waals surface area contributed by atoms with Gasteiger partial charge in [-0.3, -0.25) is 4.68 Å². The van der Waals surface area contributed by atoms with Crippen molar-refractivity contribution in [2.75, 3.05) is 19.6 Å². The van der Waals surface area contributed by atoms with Gasteiger partial charge in [-0.15, -0.1) is 24.0 Å². The third kappa shape index (κ3) is 7.38. The number of rotatable bonds is 7. The number of nitrogens with zero attached hydrogens (tertiary/aromatic N) is 3. The SMILES string of the molecule is CCNC(=NCC(C)(O)c1cnn(C)c1)NCCc1ccc(F)c(Br)c1.I. The Morgan fingerprint density at radius 2 is 2.15 bits per heavy atom. The van der Waals surface area contributed by atoms with E-state index in [0.29, 0.717) is 23.5 Å². The summed E-state index contributed by atoms with van der Waals surface area (Å²) in [6.45, 7) is 5.25. The zero-order valence-corrected chi connectivity index (χ0v) is 19.6. The number of benzene rings is 1. The largest absolute Gasteiger partial charge is 0.383 e. The van der Waals surface area contributed by atoms with Crippen LogP contribution in [0.1, 0.15) is 25.0 Å². The molecule has 27 heavy (non-hydrogen) atoms. The summed E-state index contributed by atoms with van der Waals surface area (Å²) in [5.74, 6) is 0.354. The van der Waals surface area contributed by atoms with E-state index in [1.165, 1.54) is 6.07 Å². The first-order valence-corrected chi connectivity index (χ1v) is 9.28. The Bertz CT molecular complexity index is 766. The van der Waals surface area contributed by atoms with Crippen LogP contribution in [0.5, 0.6) is 0 Å². The van der Waals surface area contributed by atoms with Gasteiger partial charge in [-0.05, 0) is 53.9 Å². The summed E-state index contributed by atoms with van der Waals surface area (Å²) in [5.41, 5.74) is 0.637. The van der Waals surface area contributed by atoms with Gasteiger partial charge in [0.25, 0.3) is 0 Å². The standard InChI is InChI=1S/C18H25BrFN5O.HI/c1-4-21-17(22-8-7-13-5-6-16(20)15(19)9-13)23-12-18(2,26)14-10-24-25(3)11-14;/h5-6,9-11,26H,4,7-8,12H2,1-3H3,(H2,21,22,23);1H. The van der Waals surface area contributed by atoms with Crippen LogP contribution >= 0.6 is 39.9 Å². The monoisotopic (exact) mass is 553 g/mol. The summed E-state index contributed by atoms with van der Waals surface area (Å²) < 4.78 is 15.4. The summed E-state index contributed by atoms with van der Waals surface area (Å²) in [6.07, 6.45) is 4.15. The van der Waals surface area contributed by atoms with E-state index < -0.39 is 5.60 Å². The topological polar surface area (TPSA) is 74.5 Å². The zero-order valence-electron chi connectivity index (χ0n) is 15.7. The molecular formula is C18H26BrFIN5O. The molecule has 0 aliphatic carbocycles. The fourth-order valence-electron chi connectivity index (χ4n) is 2.39. The Morgan fingerprint density at radius 3 is 2.74 bits per heavy atom. The number of guanidine groups is 1. The number of aromatic nitrogens is 2. The van der Waals surface area contributed by atoms with Crippen LogP contribution in [0.4, 0.5) is 4.39 Å². The second-order valence-corrected chi connectivity index (χ2v) is 7.15. The molecular weight excluding hydrogens is 528 g/mol. The van der Waals surface area contributed by atoms with Crippen LogP contribution in [0, 0.1) is 5.82 Å². The highest BCUT2D eigenvalue weighted by atomic mass is 127. The van der Waals surface area contributed by atoms with E-state index in [9.17, 15) is 9.50 Å². The number of halogens is 3. The van der Waals surface area contributed by atoms with Crippen LogP contribution in [0.3, 0.4) is 0 Å². The molecule has 1 aromatic carbocycles. The molecule has 1 heterocycles. The smallest absolute Gasteiger partial charge is 0.191 e. The van der Waals surface area contributed by atoms with Gasteiger partial charge in [0, 0.05) is 31.9 Å². The van der Waals surface area contributed by atoms with Crippen LogP contribution in [-0.4, -0.2) is 40.5 Å². The first kappa shape index (κ1) is 23.8.